The van der Waals surface area contributed by atoms with Gasteiger partial charge in [-0.2, -0.15) is 10.4 Å². The molecule has 0 aliphatic rings. The molecule has 126 valence electrons. The molecule has 6 nitrogen and oxygen atoms in total. The lowest BCUT2D eigenvalue weighted by Gasteiger charge is -2.05. The van der Waals surface area contributed by atoms with Gasteiger partial charge in [0.25, 0.3) is 5.91 Å². The Bertz CT molecular complexity index is 823. The van der Waals surface area contributed by atoms with Gasteiger partial charge >= 0.3 is 0 Å². The van der Waals surface area contributed by atoms with Crippen LogP contribution in [-0.4, -0.2) is 25.8 Å². The molecule has 1 N–H and O–H groups in total. The molecule has 0 saturated heterocycles. The first-order chi connectivity index (χ1) is 12.2. The highest BCUT2D eigenvalue weighted by Gasteiger charge is 2.05. The maximum atomic E-state index is 11.7. The monoisotopic (exact) mass is 335 g/mol. The van der Waals surface area contributed by atoms with Crippen molar-refractivity contribution in [2.45, 2.75) is 0 Å². The number of methoxy groups -OCH3 is 1. The fraction of sp³-hybridized carbons (Fsp3) is 0.105. The SMILES string of the molecule is COc1ccccc1/C=C/C=N/NC(=O)COc1ccccc1C#N. The number of nitriles is 1. The molecule has 6 heteroatoms. The zero-order chi connectivity index (χ0) is 17.9. The number of rotatable bonds is 7. The van der Waals surface area contributed by atoms with Crippen LogP contribution in [0.2, 0.25) is 0 Å². The van der Waals surface area contributed by atoms with Crippen molar-refractivity contribution in [3.05, 3.63) is 65.7 Å². The van der Waals surface area contributed by atoms with Gasteiger partial charge in [-0.3, -0.25) is 4.79 Å². The third-order valence-electron chi connectivity index (χ3n) is 3.13. The summed E-state index contributed by atoms with van der Waals surface area (Å²) in [5, 5.41) is 12.7. The molecular weight excluding hydrogens is 318 g/mol. The van der Waals surface area contributed by atoms with E-state index in [1.807, 2.05) is 36.4 Å². The highest BCUT2D eigenvalue weighted by atomic mass is 16.5. The summed E-state index contributed by atoms with van der Waals surface area (Å²) in [7, 11) is 1.60. The molecule has 0 radical (unpaired) electrons. The van der Waals surface area contributed by atoms with Crippen LogP contribution in [0, 0.1) is 11.3 Å². The molecule has 0 aliphatic carbocycles. The van der Waals surface area contributed by atoms with Crippen molar-refractivity contribution < 1.29 is 14.3 Å². The number of hydrogen-bond donors (Lipinski definition) is 1. The van der Waals surface area contributed by atoms with Crippen molar-refractivity contribution in [1.29, 1.82) is 5.26 Å². The summed E-state index contributed by atoms with van der Waals surface area (Å²) < 4.78 is 10.5. The molecule has 0 heterocycles. The second-order valence-corrected chi connectivity index (χ2v) is 4.81. The Morgan fingerprint density at radius 3 is 2.68 bits per heavy atom. The van der Waals surface area contributed by atoms with Gasteiger partial charge in [0.1, 0.15) is 17.6 Å². The lowest BCUT2D eigenvalue weighted by molar-refractivity contribution is -0.123. The number of nitrogens with zero attached hydrogens (tertiary/aromatic N) is 2. The van der Waals surface area contributed by atoms with E-state index in [1.165, 1.54) is 6.21 Å². The second-order valence-electron chi connectivity index (χ2n) is 4.81. The molecule has 0 aliphatic heterocycles. The zero-order valence-corrected chi connectivity index (χ0v) is 13.7. The third-order valence-corrected chi connectivity index (χ3v) is 3.13. The first-order valence-corrected chi connectivity index (χ1v) is 7.48. The van der Waals surface area contributed by atoms with Crippen molar-refractivity contribution >= 4 is 18.2 Å². The molecule has 0 atom stereocenters. The summed E-state index contributed by atoms with van der Waals surface area (Å²) in [6.07, 6.45) is 4.95. The normalized spacial score (nSPS) is 10.6. The minimum absolute atomic E-state index is 0.230. The number of nitrogens with one attached hydrogen (secondary N) is 1. The van der Waals surface area contributed by atoms with Crippen molar-refractivity contribution in [2.75, 3.05) is 13.7 Å². The van der Waals surface area contributed by atoms with Crippen molar-refractivity contribution in [3.8, 4) is 17.6 Å². The standard InChI is InChI=1S/C19H17N3O3/c1-24-17-10-4-2-7-15(17)9-6-12-21-22-19(23)14-25-18-11-5-3-8-16(18)13-20/h2-12H,14H2,1H3,(H,22,23)/b9-6+,21-12+. The van der Waals surface area contributed by atoms with E-state index in [9.17, 15) is 4.79 Å². The van der Waals surface area contributed by atoms with E-state index in [2.05, 4.69) is 10.5 Å². The first kappa shape index (κ1) is 17.8. The largest absolute Gasteiger partial charge is 0.496 e. The van der Waals surface area contributed by atoms with Gasteiger partial charge in [0.2, 0.25) is 0 Å². The summed E-state index contributed by atoms with van der Waals surface area (Å²) >= 11 is 0. The van der Waals surface area contributed by atoms with Gasteiger partial charge in [0, 0.05) is 11.8 Å². The number of hydrogen-bond acceptors (Lipinski definition) is 5. The molecular formula is C19H17N3O3. The van der Waals surface area contributed by atoms with Gasteiger partial charge in [-0.25, -0.2) is 5.43 Å². The van der Waals surface area contributed by atoms with E-state index in [1.54, 1.807) is 37.5 Å². The predicted octanol–water partition coefficient (Wildman–Crippen LogP) is 2.76. The zero-order valence-electron chi connectivity index (χ0n) is 13.7. The Hall–Kier alpha value is -3.59. The van der Waals surface area contributed by atoms with Crippen LogP contribution < -0.4 is 14.9 Å². The van der Waals surface area contributed by atoms with Gasteiger partial charge in [-0.05, 0) is 30.4 Å². The van der Waals surface area contributed by atoms with Crippen molar-refractivity contribution in [3.63, 3.8) is 0 Å². The van der Waals surface area contributed by atoms with Crippen LogP contribution in [0.25, 0.3) is 6.08 Å². The number of benzene rings is 2. The number of carbonyl (C=O) groups is 1. The average Bonchev–Trinajstić information content (AvgIpc) is 2.66. The summed E-state index contributed by atoms with van der Waals surface area (Å²) in [5.41, 5.74) is 3.62. The average molecular weight is 335 g/mol. The quantitative estimate of drug-likeness (QED) is 0.623. The van der Waals surface area contributed by atoms with Crippen LogP contribution in [0.3, 0.4) is 0 Å². The number of hydrazone groups is 1. The summed E-state index contributed by atoms with van der Waals surface area (Å²) in [6.45, 7) is -0.230. The molecule has 0 aromatic heterocycles. The van der Waals surface area contributed by atoms with Gasteiger partial charge < -0.3 is 9.47 Å². The maximum Gasteiger partial charge on any atom is 0.277 e. The second kappa shape index (κ2) is 9.53. The number of para-hydroxylation sites is 2. The molecule has 0 bridgehead atoms. The molecule has 25 heavy (non-hydrogen) atoms. The minimum Gasteiger partial charge on any atom is -0.496 e. The van der Waals surface area contributed by atoms with Crippen LogP contribution in [0.15, 0.2) is 59.7 Å². The third kappa shape index (κ3) is 5.52. The Labute approximate surface area is 146 Å². The number of amides is 1. The number of ether oxygens (including phenoxy) is 2. The van der Waals surface area contributed by atoms with Gasteiger partial charge in [0.05, 0.1) is 12.7 Å². The van der Waals surface area contributed by atoms with Crippen LogP contribution in [0.5, 0.6) is 11.5 Å². The minimum atomic E-state index is -0.422. The fourth-order valence-electron chi connectivity index (χ4n) is 1.96. The summed E-state index contributed by atoms with van der Waals surface area (Å²) in [4.78, 5) is 11.7. The molecule has 2 aromatic carbocycles. The lowest BCUT2D eigenvalue weighted by Crippen LogP contribution is -2.24. The summed E-state index contributed by atoms with van der Waals surface area (Å²) in [6, 6.07) is 16.2. The molecule has 0 saturated carbocycles. The van der Waals surface area contributed by atoms with Crippen LogP contribution in [0.4, 0.5) is 0 Å². The molecule has 1 amide bonds. The molecule has 0 unspecified atom stereocenters. The topological polar surface area (TPSA) is 83.7 Å². The fourth-order valence-corrected chi connectivity index (χ4v) is 1.96. The smallest absolute Gasteiger partial charge is 0.277 e. The number of allylic oxidation sites excluding steroid dienone is 1. The molecule has 2 rings (SSSR count). The Balaban J connectivity index is 1.81. The summed E-state index contributed by atoms with van der Waals surface area (Å²) in [5.74, 6) is 0.690. The van der Waals surface area contributed by atoms with Crippen LogP contribution in [0.1, 0.15) is 11.1 Å². The maximum absolute atomic E-state index is 11.7. The lowest BCUT2D eigenvalue weighted by atomic mass is 10.2. The Morgan fingerprint density at radius 2 is 1.92 bits per heavy atom. The van der Waals surface area contributed by atoms with E-state index in [-0.39, 0.29) is 6.61 Å². The van der Waals surface area contributed by atoms with E-state index in [0.29, 0.717) is 11.3 Å². The van der Waals surface area contributed by atoms with E-state index >= 15 is 0 Å². The van der Waals surface area contributed by atoms with Gasteiger partial charge in [-0.15, -0.1) is 0 Å². The van der Waals surface area contributed by atoms with Crippen LogP contribution >= 0.6 is 0 Å². The van der Waals surface area contributed by atoms with Crippen molar-refractivity contribution in [2.24, 2.45) is 5.10 Å². The van der Waals surface area contributed by atoms with Crippen LogP contribution in [-0.2, 0) is 4.79 Å². The van der Waals surface area contributed by atoms with E-state index in [0.717, 1.165) is 11.3 Å². The Kier molecular flexibility index (Phi) is 6.77. The van der Waals surface area contributed by atoms with Gasteiger partial charge in [-0.1, -0.05) is 30.3 Å². The molecule has 0 spiro atoms. The molecule has 0 fully saturated rings. The first-order valence-electron chi connectivity index (χ1n) is 7.48. The van der Waals surface area contributed by atoms with E-state index in [4.69, 9.17) is 14.7 Å². The molecule has 2 aromatic rings. The highest BCUT2D eigenvalue weighted by molar-refractivity contribution is 5.82. The van der Waals surface area contributed by atoms with Gasteiger partial charge in [0.15, 0.2) is 6.61 Å². The predicted molar refractivity (Wildman–Crippen MR) is 95.3 cm³/mol. The Morgan fingerprint density at radius 1 is 1.20 bits per heavy atom. The van der Waals surface area contributed by atoms with E-state index < -0.39 is 5.91 Å². The highest BCUT2D eigenvalue weighted by Crippen LogP contribution is 2.18. The van der Waals surface area contributed by atoms with Crippen molar-refractivity contribution in [1.82, 2.24) is 5.43 Å². The number of carbonyl (C=O) groups excluding carboxylic acids is 1.